The third kappa shape index (κ3) is 2.79. The topological polar surface area (TPSA) is 37.3 Å². The van der Waals surface area contributed by atoms with Crippen LogP contribution in [0.4, 0.5) is 0 Å². The first-order valence-electron chi connectivity index (χ1n) is 5.43. The first kappa shape index (κ1) is 12.4. The zero-order valence-electron chi connectivity index (χ0n) is 9.51. The predicted molar refractivity (Wildman–Crippen MR) is 73.4 cm³/mol. The lowest BCUT2D eigenvalue weighted by Crippen LogP contribution is -1.84. The van der Waals surface area contributed by atoms with Crippen molar-refractivity contribution >= 4 is 22.9 Å². The lowest BCUT2D eigenvalue weighted by molar-refractivity contribution is -0.107. The monoisotopic (exact) mass is 258 g/mol. The second-order valence-electron chi connectivity index (χ2n) is 3.74. The van der Waals surface area contributed by atoms with E-state index in [0.717, 1.165) is 16.7 Å². The minimum atomic E-state index is -0.526. The molecule has 1 N–H and O–H groups in total. The van der Waals surface area contributed by atoms with Crippen LogP contribution in [0, 0.1) is 0 Å². The van der Waals surface area contributed by atoms with Crippen LogP contribution in [-0.4, -0.2) is 10.3 Å². The first-order chi connectivity index (χ1) is 8.68. The van der Waals surface area contributed by atoms with E-state index in [0.29, 0.717) is 0 Å². The average molecular weight is 259 g/mol. The number of carbonyl (C=O) groups is 1. The van der Waals surface area contributed by atoms with Gasteiger partial charge in [-0.3, -0.25) is 4.79 Å². The number of allylic oxidation sites excluding steroid dienone is 1. The van der Waals surface area contributed by atoms with E-state index >= 15 is 0 Å². The Kier molecular flexibility index (Phi) is 3.80. The molecule has 0 spiro atoms. The number of halogens is 1. The van der Waals surface area contributed by atoms with Crippen LogP contribution in [0.5, 0.6) is 5.75 Å². The molecule has 0 saturated heterocycles. The van der Waals surface area contributed by atoms with Crippen LogP contribution < -0.4 is 0 Å². The molecule has 2 rings (SSSR count). The molecule has 2 aromatic carbocycles. The molecule has 0 radical (unpaired) electrons. The lowest BCUT2D eigenvalue weighted by atomic mass is 9.98. The zero-order valence-corrected chi connectivity index (χ0v) is 10.3. The van der Waals surface area contributed by atoms with Gasteiger partial charge in [-0.15, -0.1) is 0 Å². The minimum Gasteiger partial charge on any atom is -0.507 e. The molecule has 0 aromatic heterocycles. The van der Waals surface area contributed by atoms with Gasteiger partial charge in [0.05, 0.1) is 0 Å². The highest BCUT2D eigenvalue weighted by Crippen LogP contribution is 2.31. The van der Waals surface area contributed by atoms with Crippen molar-refractivity contribution in [1.82, 2.24) is 0 Å². The quantitative estimate of drug-likeness (QED) is 0.671. The van der Waals surface area contributed by atoms with Crippen LogP contribution in [0.1, 0.15) is 5.56 Å². The largest absolute Gasteiger partial charge is 0.507 e. The van der Waals surface area contributed by atoms with Crippen LogP contribution in [0.3, 0.4) is 0 Å². The van der Waals surface area contributed by atoms with Gasteiger partial charge in [0.15, 0.2) is 0 Å². The van der Waals surface area contributed by atoms with Crippen molar-refractivity contribution in [3.05, 3.63) is 60.2 Å². The summed E-state index contributed by atoms with van der Waals surface area (Å²) in [5.74, 6) is 0.204. The second-order valence-corrected chi connectivity index (χ2v) is 4.11. The molecule has 0 saturated carbocycles. The minimum absolute atomic E-state index is 0.204. The number of carbonyl (C=O) groups excluding carboxylic acids is 1. The van der Waals surface area contributed by atoms with Crippen molar-refractivity contribution < 1.29 is 9.90 Å². The Bertz CT molecular complexity index is 603. The molecule has 0 aliphatic heterocycles. The summed E-state index contributed by atoms with van der Waals surface area (Å²) in [5.41, 5.74) is 2.40. The Morgan fingerprint density at radius 2 is 1.61 bits per heavy atom. The van der Waals surface area contributed by atoms with Crippen LogP contribution in [0.2, 0.25) is 0 Å². The second kappa shape index (κ2) is 5.52. The summed E-state index contributed by atoms with van der Waals surface area (Å²) in [6, 6.07) is 14.5. The first-order valence-corrected chi connectivity index (χ1v) is 5.81. The maximum atomic E-state index is 10.8. The van der Waals surface area contributed by atoms with Gasteiger partial charge < -0.3 is 5.11 Å². The fraction of sp³-hybridized carbons (Fsp3) is 0. The van der Waals surface area contributed by atoms with Gasteiger partial charge in [0, 0.05) is 5.56 Å². The van der Waals surface area contributed by atoms with E-state index in [1.807, 2.05) is 36.4 Å². The summed E-state index contributed by atoms with van der Waals surface area (Å²) >= 11 is 5.28. The third-order valence-electron chi connectivity index (χ3n) is 2.55. The molecular weight excluding hydrogens is 248 g/mol. The molecule has 18 heavy (non-hydrogen) atoms. The Morgan fingerprint density at radius 1 is 1.00 bits per heavy atom. The molecule has 0 bridgehead atoms. The smallest absolute Gasteiger partial charge is 0.245 e. The highest BCUT2D eigenvalue weighted by Gasteiger charge is 2.06. The molecule has 0 heterocycles. The van der Waals surface area contributed by atoms with Gasteiger partial charge in [-0.05, 0) is 40.9 Å². The van der Waals surface area contributed by atoms with E-state index in [2.05, 4.69) is 0 Å². The van der Waals surface area contributed by atoms with E-state index in [1.165, 1.54) is 6.08 Å². The summed E-state index contributed by atoms with van der Waals surface area (Å²) in [7, 11) is 0. The van der Waals surface area contributed by atoms with E-state index in [1.54, 1.807) is 18.2 Å². The van der Waals surface area contributed by atoms with E-state index in [-0.39, 0.29) is 5.75 Å². The van der Waals surface area contributed by atoms with Gasteiger partial charge in [0.2, 0.25) is 5.24 Å². The Labute approximate surface area is 110 Å². The Balaban J connectivity index is 2.52. The summed E-state index contributed by atoms with van der Waals surface area (Å²) < 4.78 is 0. The van der Waals surface area contributed by atoms with Gasteiger partial charge in [-0.2, -0.15) is 0 Å². The summed E-state index contributed by atoms with van der Waals surface area (Å²) in [5, 5.41) is 9.32. The summed E-state index contributed by atoms with van der Waals surface area (Å²) in [6.45, 7) is 0. The van der Waals surface area contributed by atoms with E-state index in [9.17, 15) is 9.90 Å². The normalized spacial score (nSPS) is 10.7. The highest BCUT2D eigenvalue weighted by molar-refractivity contribution is 6.66. The van der Waals surface area contributed by atoms with Gasteiger partial charge in [-0.25, -0.2) is 0 Å². The molecule has 90 valence electrons. The number of para-hydroxylation sites is 1. The number of phenols is 1. The molecule has 3 heteroatoms. The third-order valence-corrected chi connectivity index (χ3v) is 2.67. The van der Waals surface area contributed by atoms with Crippen LogP contribution >= 0.6 is 11.6 Å². The molecular formula is C15H11ClO2. The van der Waals surface area contributed by atoms with E-state index in [4.69, 9.17) is 11.6 Å². The summed E-state index contributed by atoms with van der Waals surface area (Å²) in [4.78, 5) is 10.8. The fourth-order valence-electron chi connectivity index (χ4n) is 1.74. The maximum Gasteiger partial charge on any atom is 0.245 e. The maximum absolute atomic E-state index is 10.8. The molecule has 0 fully saturated rings. The number of benzene rings is 2. The van der Waals surface area contributed by atoms with Gasteiger partial charge in [0.1, 0.15) is 5.75 Å². The van der Waals surface area contributed by atoms with Gasteiger partial charge in [0.25, 0.3) is 0 Å². The van der Waals surface area contributed by atoms with E-state index < -0.39 is 5.24 Å². The predicted octanol–water partition coefficient (Wildman–Crippen LogP) is 3.84. The van der Waals surface area contributed by atoms with Crippen LogP contribution in [0.25, 0.3) is 17.2 Å². The van der Waals surface area contributed by atoms with Crippen molar-refractivity contribution in [2.75, 3.05) is 0 Å². The molecule has 0 aliphatic carbocycles. The molecule has 0 aliphatic rings. The molecule has 0 unspecified atom stereocenters. The van der Waals surface area contributed by atoms with Crippen molar-refractivity contribution in [3.63, 3.8) is 0 Å². The van der Waals surface area contributed by atoms with Crippen molar-refractivity contribution in [3.8, 4) is 16.9 Å². The van der Waals surface area contributed by atoms with Crippen molar-refractivity contribution in [2.45, 2.75) is 0 Å². The average Bonchev–Trinajstić information content (AvgIpc) is 2.37. The number of hydrogen-bond donors (Lipinski definition) is 1. The standard InChI is InChI=1S/C15H11ClO2/c16-15(18)10-9-11-5-1-2-6-12(11)13-7-3-4-8-14(13)17/h1-10,17H. The van der Waals surface area contributed by atoms with Gasteiger partial charge in [-0.1, -0.05) is 42.5 Å². The Hall–Kier alpha value is -2.06. The number of rotatable bonds is 3. The highest BCUT2D eigenvalue weighted by atomic mass is 35.5. The molecule has 0 atom stereocenters. The van der Waals surface area contributed by atoms with Crippen LogP contribution in [-0.2, 0) is 4.79 Å². The fourth-order valence-corrected chi connectivity index (χ4v) is 1.81. The van der Waals surface area contributed by atoms with Crippen LogP contribution in [0.15, 0.2) is 54.6 Å². The number of aromatic hydroxyl groups is 1. The number of hydrogen-bond acceptors (Lipinski definition) is 2. The zero-order chi connectivity index (χ0) is 13.0. The molecule has 2 nitrogen and oxygen atoms in total. The molecule has 0 amide bonds. The lowest BCUT2D eigenvalue weighted by Gasteiger charge is -2.07. The SMILES string of the molecule is O=C(Cl)C=Cc1ccccc1-c1ccccc1O. The van der Waals surface area contributed by atoms with Gasteiger partial charge >= 0.3 is 0 Å². The van der Waals surface area contributed by atoms with Crippen molar-refractivity contribution in [2.24, 2.45) is 0 Å². The molecule has 2 aromatic rings. The van der Waals surface area contributed by atoms with Crippen molar-refractivity contribution in [1.29, 1.82) is 0 Å². The summed E-state index contributed by atoms with van der Waals surface area (Å²) in [6.07, 6.45) is 2.93. The number of phenolic OH excluding ortho intramolecular Hbond substituents is 1. The Morgan fingerprint density at radius 3 is 2.28 bits per heavy atom.